The molecule has 100 valence electrons. The summed E-state index contributed by atoms with van der Waals surface area (Å²) in [6.45, 7) is 0. The van der Waals surface area contributed by atoms with Gasteiger partial charge in [-0.05, 0) is 0 Å². The van der Waals surface area contributed by atoms with Gasteiger partial charge in [-0.2, -0.15) is 0 Å². The summed E-state index contributed by atoms with van der Waals surface area (Å²) >= 11 is 0. The molecule has 0 aliphatic carbocycles. The van der Waals surface area contributed by atoms with Crippen LogP contribution in [-0.4, -0.2) is 66.9 Å². The van der Waals surface area contributed by atoms with Gasteiger partial charge in [0.05, 0.1) is 0 Å². The summed E-state index contributed by atoms with van der Waals surface area (Å²) in [5.74, 6) is -1.68. The molecule has 0 aromatic rings. The van der Waals surface area contributed by atoms with Crippen molar-refractivity contribution in [2.24, 2.45) is 0 Å². The van der Waals surface area contributed by atoms with Crippen molar-refractivity contribution in [3.63, 3.8) is 0 Å². The van der Waals surface area contributed by atoms with Crippen LogP contribution in [0.25, 0.3) is 0 Å². The highest BCUT2D eigenvalue weighted by Crippen LogP contribution is 2.40. The average molecular weight is 274 g/mol. The average Bonchev–Trinajstić information content (AvgIpc) is 2.16. The van der Waals surface area contributed by atoms with Gasteiger partial charge >= 0.3 is 13.8 Å². The first kappa shape index (κ1) is 14.5. The molecule has 11 heteroatoms. The van der Waals surface area contributed by atoms with E-state index in [1.807, 2.05) is 0 Å². The highest BCUT2D eigenvalue weighted by atomic mass is 31.2. The molecule has 0 aromatic carbocycles. The number of rotatable bonds is 3. The lowest BCUT2D eigenvalue weighted by Crippen LogP contribution is -2.60. The van der Waals surface area contributed by atoms with Gasteiger partial charge in [-0.3, -0.25) is 4.52 Å². The molecule has 0 radical (unpaired) electrons. The standard InChI is InChI=1S/C6H11O10P/c7-1-2(8)4(5(10)11)15-6(3(1)9)16-17(12,13)14/h1-4,6-9H,(H,10,11)(H2,12,13,14). The monoisotopic (exact) mass is 274 g/mol. The van der Waals surface area contributed by atoms with Crippen molar-refractivity contribution in [3.05, 3.63) is 0 Å². The Labute approximate surface area is 94.3 Å². The lowest BCUT2D eigenvalue weighted by Gasteiger charge is -2.38. The van der Waals surface area contributed by atoms with Crippen molar-refractivity contribution in [2.75, 3.05) is 0 Å². The number of phosphoric acid groups is 1. The van der Waals surface area contributed by atoms with E-state index in [0.717, 1.165) is 0 Å². The molecule has 0 aromatic heterocycles. The number of aliphatic carboxylic acids is 1. The first-order chi connectivity index (χ1) is 7.63. The van der Waals surface area contributed by atoms with Gasteiger partial charge in [-0.1, -0.05) is 0 Å². The molecule has 1 aliphatic rings. The molecule has 0 amide bonds. The minimum atomic E-state index is -5.05. The van der Waals surface area contributed by atoms with E-state index < -0.39 is 44.5 Å². The Morgan fingerprint density at radius 3 is 2.06 bits per heavy atom. The van der Waals surface area contributed by atoms with Gasteiger partial charge < -0.3 is 34.9 Å². The van der Waals surface area contributed by atoms with E-state index in [4.69, 9.17) is 14.9 Å². The largest absolute Gasteiger partial charge is 0.479 e. The predicted molar refractivity (Wildman–Crippen MR) is 47.4 cm³/mol. The zero-order chi connectivity index (χ0) is 13.4. The minimum Gasteiger partial charge on any atom is -0.479 e. The van der Waals surface area contributed by atoms with E-state index in [2.05, 4.69) is 9.26 Å². The number of aliphatic hydroxyl groups is 3. The van der Waals surface area contributed by atoms with E-state index in [1.54, 1.807) is 0 Å². The minimum absolute atomic E-state index is 1.68. The highest BCUT2D eigenvalue weighted by Gasteiger charge is 2.49. The zero-order valence-corrected chi connectivity index (χ0v) is 9.04. The van der Waals surface area contributed by atoms with Gasteiger partial charge in [-0.15, -0.1) is 0 Å². The molecular formula is C6H11O10P. The van der Waals surface area contributed by atoms with E-state index in [9.17, 15) is 24.7 Å². The van der Waals surface area contributed by atoms with Gasteiger partial charge in [0.2, 0.25) is 0 Å². The van der Waals surface area contributed by atoms with Crippen LogP contribution in [0.15, 0.2) is 0 Å². The topological polar surface area (TPSA) is 174 Å². The summed E-state index contributed by atoms with van der Waals surface area (Å²) in [5, 5.41) is 36.4. The quantitative estimate of drug-likeness (QED) is 0.291. The van der Waals surface area contributed by atoms with Crippen LogP contribution in [0.5, 0.6) is 0 Å². The van der Waals surface area contributed by atoms with E-state index in [0.29, 0.717) is 0 Å². The zero-order valence-electron chi connectivity index (χ0n) is 8.15. The van der Waals surface area contributed by atoms with Crippen molar-refractivity contribution in [1.29, 1.82) is 0 Å². The lowest BCUT2D eigenvalue weighted by atomic mass is 9.99. The summed E-state index contributed by atoms with van der Waals surface area (Å²) in [6.07, 6.45) is -9.94. The third-order valence-electron chi connectivity index (χ3n) is 2.05. The molecule has 1 heterocycles. The number of hydrogen-bond acceptors (Lipinski definition) is 7. The molecule has 0 saturated carbocycles. The molecule has 1 rings (SSSR count). The number of ether oxygens (including phenoxy) is 1. The van der Waals surface area contributed by atoms with Gasteiger partial charge in [0, 0.05) is 0 Å². The van der Waals surface area contributed by atoms with Crippen molar-refractivity contribution >= 4 is 13.8 Å². The van der Waals surface area contributed by atoms with Crippen LogP contribution in [-0.2, 0) is 18.6 Å². The Balaban J connectivity index is 2.85. The maximum absolute atomic E-state index is 10.6. The third kappa shape index (κ3) is 3.44. The fourth-order valence-corrected chi connectivity index (χ4v) is 1.72. The van der Waals surface area contributed by atoms with Crippen LogP contribution in [0.1, 0.15) is 0 Å². The third-order valence-corrected chi connectivity index (χ3v) is 2.54. The summed E-state index contributed by atoms with van der Waals surface area (Å²) < 4.78 is 18.9. The fraction of sp³-hybridized carbons (Fsp3) is 0.833. The summed E-state index contributed by atoms with van der Waals surface area (Å²) in [4.78, 5) is 27.5. The second kappa shape index (κ2) is 4.96. The second-order valence-electron chi connectivity index (χ2n) is 3.33. The molecule has 17 heavy (non-hydrogen) atoms. The SMILES string of the molecule is O=C(O)C1OC(OP(=O)(O)O)C(O)C(O)C1O. The van der Waals surface area contributed by atoms with Crippen molar-refractivity contribution in [1.82, 2.24) is 0 Å². The number of hydrogen-bond donors (Lipinski definition) is 6. The van der Waals surface area contributed by atoms with Crippen LogP contribution in [0.2, 0.25) is 0 Å². The van der Waals surface area contributed by atoms with Gasteiger partial charge in [0.1, 0.15) is 18.3 Å². The van der Waals surface area contributed by atoms with E-state index in [-0.39, 0.29) is 0 Å². The Hall–Kier alpha value is -0.580. The van der Waals surface area contributed by atoms with Gasteiger partial charge in [-0.25, -0.2) is 9.36 Å². The van der Waals surface area contributed by atoms with Crippen molar-refractivity contribution < 1.29 is 48.8 Å². The Kier molecular flexibility index (Phi) is 4.23. The smallest absolute Gasteiger partial charge is 0.472 e. The lowest BCUT2D eigenvalue weighted by molar-refractivity contribution is -0.274. The molecular weight excluding hydrogens is 263 g/mol. The van der Waals surface area contributed by atoms with E-state index >= 15 is 0 Å². The van der Waals surface area contributed by atoms with Crippen molar-refractivity contribution in [3.8, 4) is 0 Å². The van der Waals surface area contributed by atoms with Crippen molar-refractivity contribution in [2.45, 2.75) is 30.7 Å². The molecule has 5 atom stereocenters. The number of phosphoric ester groups is 1. The second-order valence-corrected chi connectivity index (χ2v) is 4.52. The molecule has 0 bridgehead atoms. The maximum Gasteiger partial charge on any atom is 0.472 e. The molecule has 1 fully saturated rings. The molecule has 0 spiro atoms. The molecule has 1 aliphatic heterocycles. The number of carbonyl (C=O) groups is 1. The molecule has 1 saturated heterocycles. The summed E-state index contributed by atoms with van der Waals surface area (Å²) in [6, 6.07) is 0. The first-order valence-corrected chi connectivity index (χ1v) is 5.83. The van der Waals surface area contributed by atoms with Crippen LogP contribution >= 0.6 is 7.82 Å². The van der Waals surface area contributed by atoms with Crippen LogP contribution in [0, 0.1) is 0 Å². The molecule has 6 N–H and O–H groups in total. The summed E-state index contributed by atoms with van der Waals surface area (Å²) in [5.41, 5.74) is 0. The normalized spacial score (nSPS) is 39.0. The van der Waals surface area contributed by atoms with Crippen LogP contribution in [0.4, 0.5) is 0 Å². The number of carboxylic acid groups (broad SMARTS) is 1. The fourth-order valence-electron chi connectivity index (χ4n) is 1.27. The Bertz CT molecular complexity index is 338. The molecule has 10 nitrogen and oxygen atoms in total. The highest BCUT2D eigenvalue weighted by molar-refractivity contribution is 7.46. The van der Waals surface area contributed by atoms with Gasteiger partial charge in [0.15, 0.2) is 12.4 Å². The molecule has 5 unspecified atom stereocenters. The van der Waals surface area contributed by atoms with Gasteiger partial charge in [0.25, 0.3) is 0 Å². The maximum atomic E-state index is 10.6. The number of aliphatic hydroxyl groups excluding tert-OH is 3. The number of carboxylic acids is 1. The van der Waals surface area contributed by atoms with Crippen LogP contribution in [0.3, 0.4) is 0 Å². The Morgan fingerprint density at radius 1 is 1.12 bits per heavy atom. The van der Waals surface area contributed by atoms with E-state index in [1.165, 1.54) is 0 Å². The summed E-state index contributed by atoms with van der Waals surface area (Å²) in [7, 11) is -5.05. The van der Waals surface area contributed by atoms with Crippen LogP contribution < -0.4 is 0 Å². The Morgan fingerprint density at radius 2 is 1.65 bits per heavy atom. The predicted octanol–water partition coefficient (Wildman–Crippen LogP) is -3.01. The first-order valence-electron chi connectivity index (χ1n) is 4.30.